The van der Waals surface area contributed by atoms with Crippen molar-refractivity contribution in [2.45, 2.75) is 38.8 Å². The van der Waals surface area contributed by atoms with Crippen molar-refractivity contribution in [2.75, 3.05) is 46.8 Å². The van der Waals surface area contributed by atoms with E-state index in [-0.39, 0.29) is 24.0 Å². The number of nitrogens with one attached hydrogen (secondary N) is 2. The van der Waals surface area contributed by atoms with Gasteiger partial charge in [-0.2, -0.15) is 0 Å². The van der Waals surface area contributed by atoms with E-state index in [9.17, 15) is 0 Å². The van der Waals surface area contributed by atoms with Crippen LogP contribution in [0, 0.1) is 0 Å². The maximum atomic E-state index is 4.84. The normalized spacial score (nSPS) is 18.0. The number of hydrogen-bond donors (Lipinski definition) is 2. The Labute approximate surface area is 176 Å². The van der Waals surface area contributed by atoms with Crippen LogP contribution in [0.5, 0.6) is 0 Å². The van der Waals surface area contributed by atoms with Gasteiger partial charge in [0.2, 0.25) is 0 Å². The van der Waals surface area contributed by atoms with Gasteiger partial charge in [0.15, 0.2) is 5.96 Å². The Morgan fingerprint density at radius 3 is 2.69 bits per heavy atom. The third-order valence-corrected chi connectivity index (χ3v) is 4.61. The highest BCUT2D eigenvalue weighted by Gasteiger charge is 2.24. The summed E-state index contributed by atoms with van der Waals surface area (Å²) in [5, 5.41) is 6.82. The molecular formula is C20H36IN5. The summed E-state index contributed by atoms with van der Waals surface area (Å²) in [5.41, 5.74) is 1.40. The highest BCUT2D eigenvalue weighted by Crippen LogP contribution is 2.20. The summed E-state index contributed by atoms with van der Waals surface area (Å²) in [6.45, 7) is 8.17. The van der Waals surface area contributed by atoms with Crippen molar-refractivity contribution in [3.05, 3.63) is 35.9 Å². The molecule has 0 aliphatic carbocycles. The molecule has 1 aliphatic heterocycles. The molecule has 1 unspecified atom stereocenters. The van der Waals surface area contributed by atoms with Crippen molar-refractivity contribution in [1.82, 2.24) is 20.4 Å². The lowest BCUT2D eigenvalue weighted by Gasteiger charge is -2.23. The Morgan fingerprint density at radius 1 is 1.23 bits per heavy atom. The number of likely N-dealkylation sites (tertiary alicyclic amines) is 1. The smallest absolute Gasteiger partial charge is 0.191 e. The molecule has 1 aromatic carbocycles. The molecule has 148 valence electrons. The summed E-state index contributed by atoms with van der Waals surface area (Å²) >= 11 is 0. The van der Waals surface area contributed by atoms with Gasteiger partial charge in [0.1, 0.15) is 0 Å². The lowest BCUT2D eigenvalue weighted by Crippen LogP contribution is -2.40. The number of guanidine groups is 1. The van der Waals surface area contributed by atoms with Crippen molar-refractivity contribution in [3.8, 4) is 0 Å². The molecule has 6 heteroatoms. The number of aliphatic imine (C=N–C) groups is 1. The zero-order valence-corrected chi connectivity index (χ0v) is 18.9. The molecule has 1 aliphatic rings. The standard InChI is InChI=1S/C20H35N5.HI/c1-4-21-20(22-13-9-14-24(2)3)23-16-19-12-8-15-25(19)17-18-10-6-5-7-11-18;/h5-7,10-11,19H,4,8-9,12-17H2,1-3H3,(H2,21,22,23);1H. The second kappa shape index (κ2) is 13.3. The SMILES string of the molecule is CCNC(=NCC1CCCN1Cc1ccccc1)NCCCN(C)C.I. The van der Waals surface area contributed by atoms with Crippen molar-refractivity contribution in [3.63, 3.8) is 0 Å². The van der Waals surface area contributed by atoms with E-state index in [0.717, 1.165) is 45.1 Å². The van der Waals surface area contributed by atoms with Crippen LogP contribution in [0.4, 0.5) is 0 Å². The average Bonchev–Trinajstić information content (AvgIpc) is 3.04. The largest absolute Gasteiger partial charge is 0.357 e. The van der Waals surface area contributed by atoms with E-state index in [2.05, 4.69) is 71.8 Å². The summed E-state index contributed by atoms with van der Waals surface area (Å²) in [6, 6.07) is 11.3. The maximum absolute atomic E-state index is 4.84. The minimum absolute atomic E-state index is 0. The predicted octanol–water partition coefficient (Wildman–Crippen LogP) is 2.78. The minimum Gasteiger partial charge on any atom is -0.357 e. The molecule has 0 saturated carbocycles. The minimum atomic E-state index is 0. The van der Waals surface area contributed by atoms with Crippen molar-refractivity contribution in [2.24, 2.45) is 4.99 Å². The Bertz CT molecular complexity index is 506. The quantitative estimate of drug-likeness (QED) is 0.251. The zero-order chi connectivity index (χ0) is 17.9. The third-order valence-electron chi connectivity index (χ3n) is 4.61. The van der Waals surface area contributed by atoms with Crippen LogP contribution < -0.4 is 10.6 Å². The summed E-state index contributed by atoms with van der Waals surface area (Å²) in [6.07, 6.45) is 3.65. The summed E-state index contributed by atoms with van der Waals surface area (Å²) in [5.74, 6) is 0.952. The van der Waals surface area contributed by atoms with Gasteiger partial charge >= 0.3 is 0 Å². The van der Waals surface area contributed by atoms with Gasteiger partial charge in [-0.1, -0.05) is 30.3 Å². The highest BCUT2D eigenvalue weighted by atomic mass is 127. The number of rotatable bonds is 9. The lowest BCUT2D eigenvalue weighted by molar-refractivity contribution is 0.250. The van der Waals surface area contributed by atoms with Crippen molar-refractivity contribution >= 4 is 29.9 Å². The molecule has 0 bridgehead atoms. The fraction of sp³-hybridized carbons (Fsp3) is 0.650. The molecule has 2 rings (SSSR count). The van der Waals surface area contributed by atoms with Gasteiger partial charge in [0.25, 0.3) is 0 Å². The Morgan fingerprint density at radius 2 is 2.00 bits per heavy atom. The van der Waals surface area contributed by atoms with E-state index in [0.29, 0.717) is 6.04 Å². The molecule has 1 aromatic rings. The van der Waals surface area contributed by atoms with Crippen LogP contribution in [0.2, 0.25) is 0 Å². The van der Waals surface area contributed by atoms with E-state index < -0.39 is 0 Å². The van der Waals surface area contributed by atoms with Crippen LogP contribution in [0.1, 0.15) is 31.7 Å². The number of nitrogens with zero attached hydrogens (tertiary/aromatic N) is 3. The van der Waals surface area contributed by atoms with Crippen LogP contribution >= 0.6 is 24.0 Å². The van der Waals surface area contributed by atoms with E-state index in [1.54, 1.807) is 0 Å². The molecular weight excluding hydrogens is 437 g/mol. The second-order valence-corrected chi connectivity index (χ2v) is 7.06. The molecule has 1 atom stereocenters. The van der Waals surface area contributed by atoms with Crippen LogP contribution in [-0.4, -0.2) is 68.6 Å². The molecule has 5 nitrogen and oxygen atoms in total. The molecule has 0 radical (unpaired) electrons. The summed E-state index contributed by atoms with van der Waals surface area (Å²) in [7, 11) is 4.22. The van der Waals surface area contributed by atoms with Crippen molar-refractivity contribution in [1.29, 1.82) is 0 Å². The molecule has 1 fully saturated rings. The highest BCUT2D eigenvalue weighted by molar-refractivity contribution is 14.0. The predicted molar refractivity (Wildman–Crippen MR) is 122 cm³/mol. The molecule has 2 N–H and O–H groups in total. The van der Waals surface area contributed by atoms with E-state index in [1.165, 1.54) is 24.9 Å². The molecule has 1 saturated heterocycles. The van der Waals surface area contributed by atoms with Crippen LogP contribution in [0.25, 0.3) is 0 Å². The molecule has 0 aromatic heterocycles. The van der Waals surface area contributed by atoms with E-state index in [1.807, 2.05) is 0 Å². The van der Waals surface area contributed by atoms with Gasteiger partial charge in [-0.15, -0.1) is 24.0 Å². The monoisotopic (exact) mass is 473 g/mol. The summed E-state index contributed by atoms with van der Waals surface area (Å²) in [4.78, 5) is 9.63. The van der Waals surface area contributed by atoms with Gasteiger partial charge in [-0.25, -0.2) is 0 Å². The van der Waals surface area contributed by atoms with Gasteiger partial charge in [0.05, 0.1) is 6.54 Å². The zero-order valence-electron chi connectivity index (χ0n) is 16.6. The Kier molecular flexibility index (Phi) is 11.9. The first-order chi connectivity index (χ1) is 12.2. The van der Waals surface area contributed by atoms with Gasteiger partial charge < -0.3 is 15.5 Å². The second-order valence-electron chi connectivity index (χ2n) is 7.06. The van der Waals surface area contributed by atoms with Crippen LogP contribution in [0.15, 0.2) is 35.3 Å². The molecule has 0 spiro atoms. The Balaban J connectivity index is 0.00000338. The van der Waals surface area contributed by atoms with E-state index >= 15 is 0 Å². The number of hydrogen-bond acceptors (Lipinski definition) is 3. The molecule has 26 heavy (non-hydrogen) atoms. The number of benzene rings is 1. The number of halogens is 1. The van der Waals surface area contributed by atoms with Crippen LogP contribution in [0.3, 0.4) is 0 Å². The third kappa shape index (κ3) is 8.68. The van der Waals surface area contributed by atoms with Crippen molar-refractivity contribution < 1.29 is 0 Å². The first-order valence-corrected chi connectivity index (χ1v) is 9.64. The first-order valence-electron chi connectivity index (χ1n) is 9.64. The van der Waals surface area contributed by atoms with Gasteiger partial charge in [0, 0.05) is 25.7 Å². The van der Waals surface area contributed by atoms with Gasteiger partial charge in [-0.3, -0.25) is 9.89 Å². The fourth-order valence-corrected chi connectivity index (χ4v) is 3.27. The van der Waals surface area contributed by atoms with Crippen LogP contribution in [-0.2, 0) is 6.54 Å². The molecule has 0 amide bonds. The summed E-state index contributed by atoms with van der Waals surface area (Å²) < 4.78 is 0. The Hall–Kier alpha value is -0.860. The van der Waals surface area contributed by atoms with Gasteiger partial charge in [-0.05, 0) is 58.9 Å². The lowest BCUT2D eigenvalue weighted by atomic mass is 10.2. The molecule has 1 heterocycles. The average molecular weight is 473 g/mol. The first kappa shape index (κ1) is 23.2. The fourth-order valence-electron chi connectivity index (χ4n) is 3.27. The topological polar surface area (TPSA) is 42.9 Å². The maximum Gasteiger partial charge on any atom is 0.191 e. The van der Waals surface area contributed by atoms with E-state index in [4.69, 9.17) is 4.99 Å².